The van der Waals surface area contributed by atoms with Crippen molar-refractivity contribution < 1.29 is 14.5 Å². The molecule has 0 saturated heterocycles. The normalized spacial score (nSPS) is 10.6. The highest BCUT2D eigenvalue weighted by molar-refractivity contribution is 6.40. The number of benzene rings is 2. The Morgan fingerprint density at radius 1 is 1.19 bits per heavy atom. The second-order valence-electron chi connectivity index (χ2n) is 5.42. The molecule has 7 nitrogen and oxygen atoms in total. The number of para-hydroxylation sites is 1. The van der Waals surface area contributed by atoms with Crippen LogP contribution in [-0.2, 0) is 4.74 Å². The molecule has 138 valence electrons. The lowest BCUT2D eigenvalue weighted by molar-refractivity contribution is -0.384. The van der Waals surface area contributed by atoms with Gasteiger partial charge in [-0.3, -0.25) is 15.1 Å². The summed E-state index contributed by atoms with van der Waals surface area (Å²) in [6.07, 6.45) is 1.51. The van der Waals surface area contributed by atoms with E-state index >= 15 is 0 Å². The Kier molecular flexibility index (Phi) is 5.43. The first-order valence-corrected chi connectivity index (χ1v) is 8.64. The number of esters is 1. The third kappa shape index (κ3) is 3.65. The van der Waals surface area contributed by atoms with Gasteiger partial charge in [0.2, 0.25) is 0 Å². The Morgan fingerprint density at radius 3 is 2.63 bits per heavy atom. The molecule has 0 radical (unpaired) electrons. The van der Waals surface area contributed by atoms with Gasteiger partial charge in [-0.2, -0.15) is 0 Å². The van der Waals surface area contributed by atoms with Crippen molar-refractivity contribution in [2.45, 2.75) is 6.92 Å². The fourth-order valence-electron chi connectivity index (χ4n) is 2.66. The van der Waals surface area contributed by atoms with Gasteiger partial charge >= 0.3 is 11.7 Å². The van der Waals surface area contributed by atoms with Crippen LogP contribution in [-0.4, -0.2) is 22.5 Å². The van der Waals surface area contributed by atoms with E-state index in [4.69, 9.17) is 27.9 Å². The number of pyridine rings is 1. The Balaban J connectivity index is 2.16. The zero-order valence-corrected chi connectivity index (χ0v) is 15.5. The summed E-state index contributed by atoms with van der Waals surface area (Å²) in [4.78, 5) is 27.3. The number of hydrogen-bond acceptors (Lipinski definition) is 6. The number of carbonyl (C=O) groups excluding carboxylic acids is 1. The number of aromatic nitrogens is 1. The third-order valence-electron chi connectivity index (χ3n) is 3.78. The molecule has 0 atom stereocenters. The van der Waals surface area contributed by atoms with Gasteiger partial charge in [-0.15, -0.1) is 0 Å². The molecule has 0 unspecified atom stereocenters. The van der Waals surface area contributed by atoms with Gasteiger partial charge < -0.3 is 10.1 Å². The van der Waals surface area contributed by atoms with E-state index < -0.39 is 10.9 Å². The zero-order chi connectivity index (χ0) is 19.6. The molecule has 0 aliphatic carbocycles. The van der Waals surface area contributed by atoms with Gasteiger partial charge in [0, 0.05) is 11.6 Å². The minimum atomic E-state index is -0.770. The van der Waals surface area contributed by atoms with Crippen LogP contribution in [0.2, 0.25) is 10.0 Å². The number of hydrogen-bond donors (Lipinski definition) is 1. The lowest BCUT2D eigenvalue weighted by Crippen LogP contribution is -2.09. The van der Waals surface area contributed by atoms with Gasteiger partial charge in [-0.1, -0.05) is 29.3 Å². The predicted octanol–water partition coefficient (Wildman–Crippen LogP) is 5.37. The summed E-state index contributed by atoms with van der Waals surface area (Å²) in [5.74, 6) is -0.770. The molecule has 0 amide bonds. The second-order valence-corrected chi connectivity index (χ2v) is 6.23. The molecule has 0 fully saturated rings. The lowest BCUT2D eigenvalue weighted by Gasteiger charge is -2.13. The number of nitrogens with zero attached hydrogens (tertiary/aromatic N) is 2. The Hall–Kier alpha value is -2.90. The summed E-state index contributed by atoms with van der Waals surface area (Å²) in [6.45, 7) is 1.73. The van der Waals surface area contributed by atoms with Crippen LogP contribution < -0.4 is 5.32 Å². The van der Waals surface area contributed by atoms with Gasteiger partial charge in [0.05, 0.1) is 32.8 Å². The average molecular weight is 406 g/mol. The van der Waals surface area contributed by atoms with Gasteiger partial charge in [0.15, 0.2) is 0 Å². The highest BCUT2D eigenvalue weighted by atomic mass is 35.5. The van der Waals surface area contributed by atoms with E-state index in [1.807, 2.05) is 0 Å². The standard InChI is InChI=1S/C18H13Cl2N3O4/c1-2-27-18(24)10-4-3-5-14(17(10)23(25)26)22-13-8-9-21-16-12(20)7-6-11(19)15(13)16/h3-9H,2H2,1H3,(H,21,22). The molecule has 0 saturated carbocycles. The maximum Gasteiger partial charge on any atom is 0.345 e. The van der Waals surface area contributed by atoms with E-state index in [0.717, 1.165) is 0 Å². The topological polar surface area (TPSA) is 94.4 Å². The van der Waals surface area contributed by atoms with E-state index in [1.165, 1.54) is 24.4 Å². The van der Waals surface area contributed by atoms with Crippen LogP contribution in [0, 0.1) is 10.1 Å². The third-order valence-corrected chi connectivity index (χ3v) is 4.40. The van der Waals surface area contributed by atoms with E-state index in [1.54, 1.807) is 25.1 Å². The number of carbonyl (C=O) groups is 1. The van der Waals surface area contributed by atoms with Gasteiger partial charge in [0.1, 0.15) is 11.3 Å². The fourth-order valence-corrected chi connectivity index (χ4v) is 3.12. The first-order valence-electron chi connectivity index (χ1n) is 7.88. The summed E-state index contributed by atoms with van der Waals surface area (Å²) in [7, 11) is 0. The van der Waals surface area contributed by atoms with Gasteiger partial charge in [-0.05, 0) is 37.3 Å². The van der Waals surface area contributed by atoms with Gasteiger partial charge in [-0.25, -0.2) is 4.79 Å². The molecule has 9 heteroatoms. The van der Waals surface area contributed by atoms with Crippen LogP contribution in [0.4, 0.5) is 17.1 Å². The number of nitro groups is 1. The SMILES string of the molecule is CCOC(=O)c1cccc(Nc2ccnc3c(Cl)ccc(Cl)c23)c1[N+](=O)[O-]. The maximum atomic E-state index is 12.1. The first-order chi connectivity index (χ1) is 12.9. The molecule has 0 aliphatic heterocycles. The van der Waals surface area contributed by atoms with Crippen molar-refractivity contribution in [2.24, 2.45) is 0 Å². The fraction of sp³-hybridized carbons (Fsp3) is 0.111. The predicted molar refractivity (Wildman–Crippen MR) is 104 cm³/mol. The number of nitrogens with one attached hydrogen (secondary N) is 1. The van der Waals surface area contributed by atoms with Crippen LogP contribution in [0.3, 0.4) is 0 Å². The van der Waals surface area contributed by atoms with Crippen LogP contribution >= 0.6 is 23.2 Å². The number of rotatable bonds is 5. The van der Waals surface area contributed by atoms with E-state index in [2.05, 4.69) is 10.3 Å². The van der Waals surface area contributed by atoms with Crippen molar-refractivity contribution in [3.63, 3.8) is 0 Å². The molecule has 1 heterocycles. The Morgan fingerprint density at radius 2 is 1.93 bits per heavy atom. The quantitative estimate of drug-likeness (QED) is 0.348. The highest BCUT2D eigenvalue weighted by Crippen LogP contribution is 2.37. The monoisotopic (exact) mass is 405 g/mol. The zero-order valence-electron chi connectivity index (χ0n) is 14.0. The summed E-state index contributed by atoms with van der Waals surface area (Å²) in [5, 5.41) is 15.9. The van der Waals surface area contributed by atoms with Crippen LogP contribution in [0.15, 0.2) is 42.6 Å². The lowest BCUT2D eigenvalue weighted by atomic mass is 10.1. The molecule has 1 N–H and O–H groups in total. The molecular weight excluding hydrogens is 393 g/mol. The van der Waals surface area contributed by atoms with Crippen molar-refractivity contribution in [2.75, 3.05) is 11.9 Å². The summed E-state index contributed by atoms with van der Waals surface area (Å²) in [5.41, 5.74) is 0.512. The number of nitro benzene ring substituents is 1. The largest absolute Gasteiger partial charge is 0.462 e. The van der Waals surface area contributed by atoms with Crippen LogP contribution in [0.25, 0.3) is 10.9 Å². The molecule has 3 aromatic rings. The van der Waals surface area contributed by atoms with E-state index in [9.17, 15) is 14.9 Å². The number of ether oxygens (including phenoxy) is 1. The molecule has 27 heavy (non-hydrogen) atoms. The van der Waals surface area contributed by atoms with Crippen molar-refractivity contribution in [1.29, 1.82) is 0 Å². The van der Waals surface area contributed by atoms with E-state index in [0.29, 0.717) is 26.6 Å². The summed E-state index contributed by atoms with van der Waals surface area (Å²) < 4.78 is 4.91. The Labute approximate surface area is 164 Å². The van der Waals surface area contributed by atoms with Gasteiger partial charge in [0.25, 0.3) is 0 Å². The average Bonchev–Trinajstić information content (AvgIpc) is 2.64. The summed E-state index contributed by atoms with van der Waals surface area (Å²) in [6, 6.07) is 9.21. The molecule has 3 rings (SSSR count). The molecule has 0 spiro atoms. The highest BCUT2D eigenvalue weighted by Gasteiger charge is 2.26. The number of fused-ring (bicyclic) bond motifs is 1. The van der Waals surface area contributed by atoms with E-state index in [-0.39, 0.29) is 23.5 Å². The minimum Gasteiger partial charge on any atom is -0.462 e. The van der Waals surface area contributed by atoms with Crippen LogP contribution in [0.1, 0.15) is 17.3 Å². The second kappa shape index (κ2) is 7.77. The van der Waals surface area contributed by atoms with Crippen molar-refractivity contribution in [1.82, 2.24) is 4.98 Å². The molecule has 1 aromatic heterocycles. The van der Waals surface area contributed by atoms with Crippen LogP contribution in [0.5, 0.6) is 0 Å². The van der Waals surface area contributed by atoms with Crippen molar-refractivity contribution in [3.8, 4) is 0 Å². The smallest absolute Gasteiger partial charge is 0.345 e. The number of anilines is 2. The first kappa shape index (κ1) is 18.9. The summed E-state index contributed by atoms with van der Waals surface area (Å²) >= 11 is 12.4. The number of halogens is 2. The maximum absolute atomic E-state index is 12.1. The van der Waals surface area contributed by atoms with Crippen molar-refractivity contribution >= 4 is 57.1 Å². The Bertz CT molecular complexity index is 1060. The molecular formula is C18H13Cl2N3O4. The molecule has 0 bridgehead atoms. The van der Waals surface area contributed by atoms with Crippen molar-refractivity contribution in [3.05, 3.63) is 68.3 Å². The molecule has 0 aliphatic rings. The molecule has 2 aromatic carbocycles. The minimum absolute atomic E-state index is 0.108.